The second-order valence-electron chi connectivity index (χ2n) is 3.54. The zero-order chi connectivity index (χ0) is 13.8. The number of hydrogen-bond acceptors (Lipinski definition) is 5. The predicted octanol–water partition coefficient (Wildman–Crippen LogP) is 2.84. The Bertz CT molecular complexity index is 651. The summed E-state index contributed by atoms with van der Waals surface area (Å²) >= 11 is 1.24. The maximum absolute atomic E-state index is 11.1. The minimum Gasteiger partial charge on any atom is -0.298 e. The van der Waals surface area contributed by atoms with E-state index in [1.165, 1.54) is 23.5 Å². The Morgan fingerprint density at radius 1 is 1.53 bits per heavy atom. The van der Waals surface area contributed by atoms with E-state index in [2.05, 4.69) is 16.9 Å². The van der Waals surface area contributed by atoms with Crippen LogP contribution in [-0.2, 0) is 4.79 Å². The predicted molar refractivity (Wildman–Crippen MR) is 73.0 cm³/mol. The summed E-state index contributed by atoms with van der Waals surface area (Å²) in [7, 11) is 0. The zero-order valence-corrected chi connectivity index (χ0v) is 10.5. The topological polar surface area (TPSA) is 85.1 Å². The van der Waals surface area contributed by atoms with Crippen LogP contribution in [0.4, 0.5) is 10.8 Å². The molecule has 1 heterocycles. The summed E-state index contributed by atoms with van der Waals surface area (Å²) in [4.78, 5) is 25.5. The normalized spacial score (nSPS) is 9.89. The molecule has 96 valence electrons. The van der Waals surface area contributed by atoms with Crippen molar-refractivity contribution >= 4 is 28.1 Å². The van der Waals surface area contributed by atoms with Gasteiger partial charge in [0.05, 0.1) is 10.6 Å². The molecule has 0 aliphatic heterocycles. The number of benzene rings is 1. The van der Waals surface area contributed by atoms with E-state index in [0.717, 1.165) is 6.08 Å². The van der Waals surface area contributed by atoms with Gasteiger partial charge in [-0.05, 0) is 6.08 Å². The number of carbonyl (C=O) groups excluding carboxylic acids is 1. The second-order valence-corrected chi connectivity index (χ2v) is 4.40. The summed E-state index contributed by atoms with van der Waals surface area (Å²) in [5.41, 5.74) is 1.21. The molecule has 1 amide bonds. The van der Waals surface area contributed by atoms with Gasteiger partial charge in [-0.2, -0.15) is 0 Å². The molecule has 19 heavy (non-hydrogen) atoms. The minimum atomic E-state index is -0.462. The molecule has 1 aromatic carbocycles. The van der Waals surface area contributed by atoms with Crippen LogP contribution in [0.3, 0.4) is 0 Å². The highest BCUT2D eigenvalue weighted by atomic mass is 32.1. The van der Waals surface area contributed by atoms with Crippen LogP contribution in [0.1, 0.15) is 0 Å². The Morgan fingerprint density at radius 2 is 2.32 bits per heavy atom. The number of nitro benzene ring substituents is 1. The summed E-state index contributed by atoms with van der Waals surface area (Å²) in [5, 5.41) is 15.4. The highest BCUT2D eigenvalue weighted by Gasteiger charge is 2.10. The van der Waals surface area contributed by atoms with Crippen molar-refractivity contribution in [3.05, 3.63) is 52.4 Å². The standard InChI is InChI=1S/C12H9N3O3S/c1-2-11(16)14-12-13-10(7-19-12)8-4-3-5-9(6-8)15(17)18/h2-7H,1H2,(H,13,14,16). The lowest BCUT2D eigenvalue weighted by molar-refractivity contribution is -0.384. The first-order valence-electron chi connectivity index (χ1n) is 5.24. The molecule has 0 aliphatic carbocycles. The molecule has 1 aromatic heterocycles. The van der Waals surface area contributed by atoms with E-state index in [9.17, 15) is 14.9 Å². The van der Waals surface area contributed by atoms with Crippen molar-refractivity contribution in [2.75, 3.05) is 5.32 Å². The molecule has 7 heteroatoms. The number of nitrogens with zero attached hydrogens (tertiary/aromatic N) is 2. The Kier molecular flexibility index (Phi) is 3.67. The molecule has 0 saturated heterocycles. The largest absolute Gasteiger partial charge is 0.298 e. The third-order valence-electron chi connectivity index (χ3n) is 2.27. The number of hydrogen-bond donors (Lipinski definition) is 1. The van der Waals surface area contributed by atoms with E-state index in [1.54, 1.807) is 17.5 Å². The highest BCUT2D eigenvalue weighted by molar-refractivity contribution is 7.14. The van der Waals surface area contributed by atoms with Crippen LogP contribution >= 0.6 is 11.3 Å². The Hall–Kier alpha value is -2.54. The van der Waals surface area contributed by atoms with Crippen LogP contribution in [0, 0.1) is 10.1 Å². The van der Waals surface area contributed by atoms with Gasteiger partial charge in [0.15, 0.2) is 5.13 Å². The van der Waals surface area contributed by atoms with Gasteiger partial charge < -0.3 is 0 Å². The average Bonchev–Trinajstić information content (AvgIpc) is 2.87. The monoisotopic (exact) mass is 275 g/mol. The van der Waals surface area contributed by atoms with Crippen molar-refractivity contribution in [3.8, 4) is 11.3 Å². The number of nitrogens with one attached hydrogen (secondary N) is 1. The molecule has 0 atom stereocenters. The number of carbonyl (C=O) groups is 1. The van der Waals surface area contributed by atoms with Crippen LogP contribution in [0.5, 0.6) is 0 Å². The fourth-order valence-corrected chi connectivity index (χ4v) is 2.12. The van der Waals surface area contributed by atoms with Crippen LogP contribution in [0.15, 0.2) is 42.3 Å². The number of aromatic nitrogens is 1. The van der Waals surface area contributed by atoms with E-state index in [1.807, 2.05) is 0 Å². The molecule has 6 nitrogen and oxygen atoms in total. The van der Waals surface area contributed by atoms with Gasteiger partial charge in [0.25, 0.3) is 5.69 Å². The molecule has 1 N–H and O–H groups in total. The van der Waals surface area contributed by atoms with Crippen LogP contribution in [0.25, 0.3) is 11.3 Å². The maximum atomic E-state index is 11.1. The molecule has 2 rings (SSSR count). The van der Waals surface area contributed by atoms with Crippen molar-refractivity contribution in [3.63, 3.8) is 0 Å². The number of thiazole rings is 1. The Morgan fingerprint density at radius 3 is 3.00 bits per heavy atom. The van der Waals surface area contributed by atoms with Crippen molar-refractivity contribution in [2.24, 2.45) is 0 Å². The van der Waals surface area contributed by atoms with Crippen molar-refractivity contribution < 1.29 is 9.72 Å². The summed E-state index contributed by atoms with van der Waals surface area (Å²) in [5.74, 6) is -0.347. The molecule has 0 aliphatic rings. The SMILES string of the molecule is C=CC(=O)Nc1nc(-c2cccc([N+](=O)[O-])c2)cs1. The summed E-state index contributed by atoms with van der Waals surface area (Å²) in [6.45, 7) is 3.34. The van der Waals surface area contributed by atoms with Crippen LogP contribution < -0.4 is 5.32 Å². The van der Waals surface area contributed by atoms with E-state index < -0.39 is 4.92 Å². The zero-order valence-electron chi connectivity index (χ0n) is 9.70. The van der Waals surface area contributed by atoms with Gasteiger partial charge in [-0.15, -0.1) is 11.3 Å². The lowest BCUT2D eigenvalue weighted by atomic mass is 10.1. The first kappa shape index (κ1) is 12.9. The van der Waals surface area contributed by atoms with E-state index in [0.29, 0.717) is 16.4 Å². The summed E-state index contributed by atoms with van der Waals surface area (Å²) in [6.07, 6.45) is 1.15. The van der Waals surface area contributed by atoms with Crippen molar-refractivity contribution in [2.45, 2.75) is 0 Å². The molecular weight excluding hydrogens is 266 g/mol. The van der Waals surface area contributed by atoms with Gasteiger partial charge in [-0.25, -0.2) is 4.98 Å². The second kappa shape index (κ2) is 5.40. The van der Waals surface area contributed by atoms with Gasteiger partial charge in [0.2, 0.25) is 5.91 Å². The number of non-ortho nitro benzene ring substituents is 1. The number of rotatable bonds is 4. The van der Waals surface area contributed by atoms with E-state index in [4.69, 9.17) is 0 Å². The van der Waals surface area contributed by atoms with Gasteiger partial charge >= 0.3 is 0 Å². The number of amides is 1. The summed E-state index contributed by atoms with van der Waals surface area (Å²) < 4.78 is 0. The fourth-order valence-electron chi connectivity index (χ4n) is 1.40. The number of nitro groups is 1. The fraction of sp³-hybridized carbons (Fsp3) is 0. The Labute approximate surface area is 112 Å². The molecule has 0 unspecified atom stereocenters. The molecule has 0 bridgehead atoms. The third-order valence-corrected chi connectivity index (χ3v) is 3.03. The summed E-state index contributed by atoms with van der Waals surface area (Å²) in [6, 6.07) is 6.17. The highest BCUT2D eigenvalue weighted by Crippen LogP contribution is 2.27. The average molecular weight is 275 g/mol. The van der Waals surface area contributed by atoms with Crippen LogP contribution in [0.2, 0.25) is 0 Å². The van der Waals surface area contributed by atoms with Crippen LogP contribution in [-0.4, -0.2) is 15.8 Å². The van der Waals surface area contributed by atoms with Gasteiger partial charge in [0.1, 0.15) is 0 Å². The van der Waals surface area contributed by atoms with Gasteiger partial charge in [-0.3, -0.25) is 20.2 Å². The molecule has 2 aromatic rings. The maximum Gasteiger partial charge on any atom is 0.270 e. The third kappa shape index (κ3) is 3.02. The molecule has 0 radical (unpaired) electrons. The van der Waals surface area contributed by atoms with E-state index in [-0.39, 0.29) is 11.6 Å². The number of anilines is 1. The quantitative estimate of drug-likeness (QED) is 0.528. The lowest BCUT2D eigenvalue weighted by Gasteiger charge is -1.97. The van der Waals surface area contributed by atoms with Gasteiger partial charge in [-0.1, -0.05) is 18.7 Å². The molecule has 0 saturated carbocycles. The molecular formula is C12H9N3O3S. The first-order valence-corrected chi connectivity index (χ1v) is 6.12. The molecule has 0 spiro atoms. The van der Waals surface area contributed by atoms with Crippen molar-refractivity contribution in [1.29, 1.82) is 0 Å². The molecule has 0 fully saturated rings. The van der Waals surface area contributed by atoms with E-state index >= 15 is 0 Å². The first-order chi connectivity index (χ1) is 9.10. The lowest BCUT2D eigenvalue weighted by Crippen LogP contribution is -2.06. The smallest absolute Gasteiger partial charge is 0.270 e. The van der Waals surface area contributed by atoms with Gasteiger partial charge in [0, 0.05) is 23.1 Å². The van der Waals surface area contributed by atoms with Crippen molar-refractivity contribution in [1.82, 2.24) is 4.98 Å². The Balaban J connectivity index is 2.27. The minimum absolute atomic E-state index is 0.00202.